The minimum Gasteiger partial charge on any atom is -0.459 e. The van der Waals surface area contributed by atoms with Crippen LogP contribution in [0.15, 0.2) is 72.9 Å². The summed E-state index contributed by atoms with van der Waals surface area (Å²) in [7, 11) is 0. The van der Waals surface area contributed by atoms with Crippen molar-refractivity contribution in [2.24, 2.45) is 0 Å². The smallest absolute Gasteiger partial charge is 0.338 e. The highest BCUT2D eigenvalue weighted by Crippen LogP contribution is 2.35. The number of rotatable bonds is 6. The van der Waals surface area contributed by atoms with Crippen LogP contribution in [-0.4, -0.2) is 35.3 Å². The Morgan fingerprint density at radius 2 is 1.46 bits per heavy atom. The molecule has 0 saturated carbocycles. The maximum Gasteiger partial charge on any atom is 0.338 e. The Morgan fingerprint density at radius 1 is 0.838 bits per heavy atom. The van der Waals surface area contributed by atoms with Crippen molar-refractivity contribution >= 4 is 22.8 Å². The zero-order valence-corrected chi connectivity index (χ0v) is 21.6. The number of esters is 2. The predicted molar refractivity (Wildman–Crippen MR) is 142 cm³/mol. The molecule has 0 radical (unpaired) electrons. The number of ether oxygens (including phenoxy) is 3. The molecule has 1 aromatic heterocycles. The molecular formula is C31H31NO5. The summed E-state index contributed by atoms with van der Waals surface area (Å²) in [4.78, 5) is 25.6. The van der Waals surface area contributed by atoms with Gasteiger partial charge >= 0.3 is 11.9 Å². The largest absolute Gasteiger partial charge is 0.459 e. The summed E-state index contributed by atoms with van der Waals surface area (Å²) in [6.07, 6.45) is 0.908. The van der Waals surface area contributed by atoms with Gasteiger partial charge in [-0.05, 0) is 75.2 Å². The lowest BCUT2D eigenvalue weighted by Crippen LogP contribution is -2.32. The van der Waals surface area contributed by atoms with Crippen LogP contribution in [0.1, 0.15) is 55.6 Å². The van der Waals surface area contributed by atoms with Crippen LogP contribution in [0.4, 0.5) is 0 Å². The fourth-order valence-corrected chi connectivity index (χ4v) is 4.84. The van der Waals surface area contributed by atoms with E-state index in [9.17, 15) is 9.59 Å². The summed E-state index contributed by atoms with van der Waals surface area (Å²) >= 11 is 0. The third-order valence-electron chi connectivity index (χ3n) is 6.89. The number of aryl methyl sites for hydroxylation is 4. The zero-order valence-electron chi connectivity index (χ0n) is 21.6. The van der Waals surface area contributed by atoms with Crippen LogP contribution in [0.25, 0.3) is 10.9 Å². The molecule has 0 spiro atoms. The predicted octanol–water partition coefficient (Wildman–Crippen LogP) is 6.25. The number of carbonyl (C=O) groups is 2. The minimum absolute atomic E-state index is 0.0215. The normalized spacial score (nSPS) is 19.2. The lowest BCUT2D eigenvalue weighted by atomic mass is 10.1. The summed E-state index contributed by atoms with van der Waals surface area (Å²) < 4.78 is 20.0. The SMILES string of the molecule is Cc1ccc(C(=O)OC[C@H]2O[C@@H](n3ccc4c(C)cc(C)cc43)C[C@@H]2OC(=O)c2ccc(C)cc2)cc1. The Hall–Kier alpha value is -3.90. The van der Waals surface area contributed by atoms with Crippen molar-refractivity contribution in [3.05, 3.63) is 106 Å². The minimum atomic E-state index is -0.600. The van der Waals surface area contributed by atoms with E-state index in [1.165, 1.54) is 5.56 Å². The van der Waals surface area contributed by atoms with Crippen molar-refractivity contribution in [1.82, 2.24) is 4.57 Å². The second-order valence-corrected chi connectivity index (χ2v) is 9.88. The number of hydrogen-bond acceptors (Lipinski definition) is 5. The summed E-state index contributed by atoms with van der Waals surface area (Å²) in [5.74, 6) is -0.860. The Labute approximate surface area is 216 Å². The molecular weight excluding hydrogens is 466 g/mol. The van der Waals surface area contributed by atoms with Gasteiger partial charge in [0.15, 0.2) is 0 Å². The molecule has 0 aliphatic carbocycles. The molecule has 1 aliphatic heterocycles. The number of fused-ring (bicyclic) bond motifs is 1. The zero-order chi connectivity index (χ0) is 26.1. The van der Waals surface area contributed by atoms with Gasteiger partial charge in [-0.15, -0.1) is 0 Å². The highest BCUT2D eigenvalue weighted by molar-refractivity contribution is 5.90. The van der Waals surface area contributed by atoms with Crippen molar-refractivity contribution in [3.63, 3.8) is 0 Å². The third-order valence-corrected chi connectivity index (χ3v) is 6.89. The number of aromatic nitrogens is 1. The molecule has 0 unspecified atom stereocenters. The Morgan fingerprint density at radius 3 is 2.11 bits per heavy atom. The molecule has 1 aliphatic rings. The van der Waals surface area contributed by atoms with Gasteiger partial charge in [-0.1, -0.05) is 41.5 Å². The molecule has 37 heavy (non-hydrogen) atoms. The molecule has 0 N–H and O–H groups in total. The molecule has 0 amide bonds. The second-order valence-electron chi connectivity index (χ2n) is 9.88. The summed E-state index contributed by atoms with van der Waals surface area (Å²) in [6, 6.07) is 20.8. The first-order chi connectivity index (χ1) is 17.8. The van der Waals surface area contributed by atoms with Crippen molar-refractivity contribution in [1.29, 1.82) is 0 Å². The standard InChI is InChI=1S/C31H31NO5/c1-19-5-9-23(10-6-19)30(33)35-18-28-27(37-31(34)24-11-7-20(2)8-12-24)17-29(36-28)32-14-13-25-22(4)15-21(3)16-26(25)32/h5-16,27-29H,17-18H2,1-4H3/t27-,28+,29+/m0/s1. The van der Waals surface area contributed by atoms with Gasteiger partial charge < -0.3 is 18.8 Å². The molecule has 3 aromatic carbocycles. The fourth-order valence-electron chi connectivity index (χ4n) is 4.84. The molecule has 1 fully saturated rings. The first-order valence-electron chi connectivity index (χ1n) is 12.5. The molecule has 6 nitrogen and oxygen atoms in total. The average molecular weight is 498 g/mol. The van der Waals surface area contributed by atoms with Crippen molar-refractivity contribution in [2.45, 2.75) is 52.6 Å². The van der Waals surface area contributed by atoms with Crippen molar-refractivity contribution in [3.8, 4) is 0 Å². The Balaban J connectivity index is 1.37. The van der Waals surface area contributed by atoms with Crippen LogP contribution in [0, 0.1) is 27.7 Å². The highest BCUT2D eigenvalue weighted by atomic mass is 16.6. The lowest BCUT2D eigenvalue weighted by molar-refractivity contribution is -0.0561. The average Bonchev–Trinajstić information content (AvgIpc) is 3.47. The van der Waals surface area contributed by atoms with Gasteiger partial charge in [0, 0.05) is 18.0 Å². The monoisotopic (exact) mass is 497 g/mol. The van der Waals surface area contributed by atoms with Gasteiger partial charge in [-0.2, -0.15) is 0 Å². The summed E-state index contributed by atoms with van der Waals surface area (Å²) in [5, 5.41) is 1.15. The van der Waals surface area contributed by atoms with Crippen LogP contribution < -0.4 is 0 Å². The Kier molecular flexibility index (Phi) is 6.85. The van der Waals surface area contributed by atoms with Gasteiger partial charge in [0.05, 0.1) is 16.6 Å². The van der Waals surface area contributed by atoms with Crippen LogP contribution in [0.2, 0.25) is 0 Å². The van der Waals surface area contributed by atoms with Crippen LogP contribution in [0.5, 0.6) is 0 Å². The Bertz CT molecular complexity index is 1440. The second kappa shape index (κ2) is 10.2. The maximum atomic E-state index is 13.0. The number of benzene rings is 3. The van der Waals surface area contributed by atoms with E-state index in [-0.39, 0.29) is 12.8 Å². The van der Waals surface area contributed by atoms with Crippen LogP contribution >= 0.6 is 0 Å². The summed E-state index contributed by atoms with van der Waals surface area (Å²) in [5.41, 5.74) is 6.48. The first-order valence-corrected chi connectivity index (χ1v) is 12.5. The lowest BCUT2D eigenvalue weighted by Gasteiger charge is -2.19. The van der Waals surface area contributed by atoms with E-state index in [1.807, 2.05) is 44.3 Å². The van der Waals surface area contributed by atoms with Gasteiger partial charge in [0.2, 0.25) is 0 Å². The van der Waals surface area contributed by atoms with Crippen molar-refractivity contribution < 1.29 is 23.8 Å². The van der Waals surface area contributed by atoms with Gasteiger partial charge in [0.25, 0.3) is 0 Å². The summed E-state index contributed by atoms with van der Waals surface area (Å²) in [6.45, 7) is 8.07. The molecule has 3 atom stereocenters. The van der Waals surface area contributed by atoms with E-state index in [0.29, 0.717) is 17.5 Å². The molecule has 5 rings (SSSR count). The number of nitrogens with zero attached hydrogens (tertiary/aromatic N) is 1. The number of carbonyl (C=O) groups excluding carboxylic acids is 2. The molecule has 6 heteroatoms. The van der Waals surface area contributed by atoms with Crippen molar-refractivity contribution in [2.75, 3.05) is 6.61 Å². The highest BCUT2D eigenvalue weighted by Gasteiger charge is 2.40. The maximum absolute atomic E-state index is 13.0. The first kappa shape index (κ1) is 24.8. The number of hydrogen-bond donors (Lipinski definition) is 0. The van der Waals surface area contributed by atoms with Gasteiger partial charge in [-0.3, -0.25) is 0 Å². The van der Waals surface area contributed by atoms with Crippen LogP contribution in [0.3, 0.4) is 0 Å². The van der Waals surface area contributed by atoms with E-state index in [0.717, 1.165) is 27.6 Å². The molecule has 0 bridgehead atoms. The molecule has 2 heterocycles. The van der Waals surface area contributed by atoms with E-state index < -0.39 is 24.1 Å². The molecule has 4 aromatic rings. The third kappa shape index (κ3) is 5.30. The van der Waals surface area contributed by atoms with E-state index >= 15 is 0 Å². The molecule has 1 saturated heterocycles. The molecule has 190 valence electrons. The van der Waals surface area contributed by atoms with Crippen LogP contribution in [-0.2, 0) is 14.2 Å². The van der Waals surface area contributed by atoms with Gasteiger partial charge in [0.1, 0.15) is 25.0 Å². The van der Waals surface area contributed by atoms with E-state index in [1.54, 1.807) is 24.3 Å². The quantitative estimate of drug-likeness (QED) is 0.295. The van der Waals surface area contributed by atoms with E-state index in [4.69, 9.17) is 14.2 Å². The van der Waals surface area contributed by atoms with Gasteiger partial charge in [-0.25, -0.2) is 9.59 Å². The topological polar surface area (TPSA) is 66.8 Å². The van der Waals surface area contributed by atoms with E-state index in [2.05, 4.69) is 36.6 Å². The fraction of sp³-hybridized carbons (Fsp3) is 0.290.